The van der Waals surface area contributed by atoms with Gasteiger partial charge >= 0.3 is 6.09 Å². The van der Waals surface area contributed by atoms with Crippen LogP contribution in [-0.4, -0.2) is 66.3 Å². The van der Waals surface area contributed by atoms with Crippen molar-refractivity contribution in [2.45, 2.75) is 51.3 Å². The first-order valence-electron chi connectivity index (χ1n) is 7.87. The second kappa shape index (κ2) is 5.19. The van der Waals surface area contributed by atoms with E-state index in [-0.39, 0.29) is 6.09 Å². The van der Waals surface area contributed by atoms with Crippen molar-refractivity contribution >= 4 is 6.09 Å². The zero-order chi connectivity index (χ0) is 14.3. The highest BCUT2D eigenvalue weighted by molar-refractivity contribution is 5.69. The largest absolute Gasteiger partial charge is 0.444 e. The molecule has 3 saturated heterocycles. The van der Waals surface area contributed by atoms with Crippen LogP contribution in [0.1, 0.15) is 33.6 Å². The Balaban J connectivity index is 1.52. The summed E-state index contributed by atoms with van der Waals surface area (Å²) >= 11 is 0. The molecule has 114 valence electrons. The van der Waals surface area contributed by atoms with Crippen LogP contribution in [0.2, 0.25) is 0 Å². The van der Waals surface area contributed by atoms with E-state index in [0.29, 0.717) is 12.1 Å². The second-order valence-electron chi connectivity index (χ2n) is 7.49. The van der Waals surface area contributed by atoms with E-state index in [0.717, 1.165) is 38.5 Å². The van der Waals surface area contributed by atoms with Gasteiger partial charge in [0.2, 0.25) is 0 Å². The summed E-state index contributed by atoms with van der Waals surface area (Å²) in [6, 6.07) is 0.914. The molecule has 2 bridgehead atoms. The zero-order valence-corrected chi connectivity index (χ0v) is 12.9. The average molecular weight is 281 g/mol. The van der Waals surface area contributed by atoms with Crippen LogP contribution >= 0.6 is 0 Å². The fourth-order valence-corrected chi connectivity index (χ4v) is 3.72. The monoisotopic (exact) mass is 281 g/mol. The van der Waals surface area contributed by atoms with Gasteiger partial charge in [0.15, 0.2) is 0 Å². The lowest BCUT2D eigenvalue weighted by molar-refractivity contribution is 0.0120. The molecule has 0 aromatic rings. The van der Waals surface area contributed by atoms with Crippen molar-refractivity contribution < 1.29 is 9.53 Å². The summed E-state index contributed by atoms with van der Waals surface area (Å²) in [7, 11) is 0. The lowest BCUT2D eigenvalue weighted by atomic mass is 10.1. The number of hydrogen-bond donors (Lipinski definition) is 1. The lowest BCUT2D eigenvalue weighted by Crippen LogP contribution is -2.51. The van der Waals surface area contributed by atoms with Crippen LogP contribution in [0.3, 0.4) is 0 Å². The van der Waals surface area contributed by atoms with Crippen molar-refractivity contribution in [2.24, 2.45) is 5.92 Å². The Bertz CT molecular complexity index is 374. The molecule has 1 amide bonds. The number of ether oxygens (including phenoxy) is 1. The number of hydrogen-bond acceptors (Lipinski definition) is 4. The number of piperazine rings is 1. The van der Waals surface area contributed by atoms with Crippen LogP contribution in [0.5, 0.6) is 0 Å². The summed E-state index contributed by atoms with van der Waals surface area (Å²) in [5.41, 5.74) is -0.395. The molecule has 20 heavy (non-hydrogen) atoms. The van der Waals surface area contributed by atoms with Gasteiger partial charge in [-0.3, -0.25) is 4.90 Å². The Morgan fingerprint density at radius 2 is 2.10 bits per heavy atom. The van der Waals surface area contributed by atoms with E-state index >= 15 is 0 Å². The van der Waals surface area contributed by atoms with Gasteiger partial charge in [-0.1, -0.05) is 0 Å². The molecular formula is C15H27N3O2. The van der Waals surface area contributed by atoms with Crippen molar-refractivity contribution in [1.82, 2.24) is 15.1 Å². The van der Waals surface area contributed by atoms with Gasteiger partial charge in [-0.25, -0.2) is 4.79 Å². The number of carbonyl (C=O) groups excluding carboxylic acids is 1. The Hall–Kier alpha value is -0.810. The number of carbonyl (C=O) groups is 1. The fraction of sp³-hybridized carbons (Fsp3) is 0.933. The number of fused-ring (bicyclic) bond motifs is 2. The van der Waals surface area contributed by atoms with Crippen LogP contribution < -0.4 is 5.32 Å². The summed E-state index contributed by atoms with van der Waals surface area (Å²) in [5, 5.41) is 3.43. The average Bonchev–Trinajstić information content (AvgIpc) is 3.01. The van der Waals surface area contributed by atoms with Gasteiger partial charge in [0.1, 0.15) is 5.60 Å². The van der Waals surface area contributed by atoms with Crippen LogP contribution in [0, 0.1) is 5.92 Å². The molecule has 0 aliphatic carbocycles. The Morgan fingerprint density at radius 3 is 2.65 bits per heavy atom. The van der Waals surface area contributed by atoms with Gasteiger partial charge in [-0.15, -0.1) is 0 Å². The van der Waals surface area contributed by atoms with Crippen molar-refractivity contribution in [2.75, 3.05) is 32.7 Å². The molecule has 3 unspecified atom stereocenters. The van der Waals surface area contributed by atoms with E-state index in [9.17, 15) is 4.79 Å². The summed E-state index contributed by atoms with van der Waals surface area (Å²) < 4.78 is 5.50. The fourth-order valence-electron chi connectivity index (χ4n) is 3.72. The Labute approximate surface area is 121 Å². The number of amides is 1. The molecule has 3 atom stereocenters. The minimum atomic E-state index is -0.395. The maximum absolute atomic E-state index is 12.2. The Morgan fingerprint density at radius 1 is 1.30 bits per heavy atom. The zero-order valence-electron chi connectivity index (χ0n) is 12.9. The number of nitrogens with zero attached hydrogens (tertiary/aromatic N) is 2. The van der Waals surface area contributed by atoms with Gasteiger partial charge in [-0.2, -0.15) is 0 Å². The molecule has 3 heterocycles. The van der Waals surface area contributed by atoms with E-state index in [1.807, 2.05) is 25.7 Å². The number of nitrogens with one attached hydrogen (secondary N) is 1. The van der Waals surface area contributed by atoms with E-state index in [1.54, 1.807) is 0 Å². The van der Waals surface area contributed by atoms with Gasteiger partial charge in [-0.05, 0) is 52.6 Å². The summed E-state index contributed by atoms with van der Waals surface area (Å²) in [5.74, 6) is 0.796. The quantitative estimate of drug-likeness (QED) is 0.828. The van der Waals surface area contributed by atoms with E-state index < -0.39 is 5.60 Å². The number of rotatable bonds is 2. The molecule has 0 saturated carbocycles. The predicted octanol–water partition coefficient (Wildman–Crippen LogP) is 1.29. The molecule has 0 radical (unpaired) electrons. The minimum Gasteiger partial charge on any atom is -0.444 e. The van der Waals surface area contributed by atoms with Gasteiger partial charge in [0.25, 0.3) is 0 Å². The first kappa shape index (κ1) is 14.1. The maximum atomic E-state index is 12.2. The van der Waals surface area contributed by atoms with Crippen molar-refractivity contribution in [3.8, 4) is 0 Å². The molecule has 3 aliphatic rings. The predicted molar refractivity (Wildman–Crippen MR) is 77.7 cm³/mol. The van der Waals surface area contributed by atoms with Gasteiger partial charge in [0, 0.05) is 31.7 Å². The van der Waals surface area contributed by atoms with Crippen LogP contribution in [0.25, 0.3) is 0 Å². The molecule has 3 rings (SSSR count). The maximum Gasteiger partial charge on any atom is 0.410 e. The van der Waals surface area contributed by atoms with Crippen molar-refractivity contribution in [1.29, 1.82) is 0 Å². The van der Waals surface area contributed by atoms with Crippen molar-refractivity contribution in [3.63, 3.8) is 0 Å². The first-order valence-corrected chi connectivity index (χ1v) is 7.87. The highest BCUT2D eigenvalue weighted by atomic mass is 16.6. The molecular weight excluding hydrogens is 254 g/mol. The van der Waals surface area contributed by atoms with Gasteiger partial charge in [0.05, 0.1) is 0 Å². The minimum absolute atomic E-state index is 0.132. The molecule has 0 aromatic heterocycles. The summed E-state index contributed by atoms with van der Waals surface area (Å²) in [6.07, 6.45) is 2.29. The third kappa shape index (κ3) is 2.93. The molecule has 5 nitrogen and oxygen atoms in total. The summed E-state index contributed by atoms with van der Waals surface area (Å²) in [6.45, 7) is 11.2. The van der Waals surface area contributed by atoms with Crippen LogP contribution in [-0.2, 0) is 4.74 Å². The number of likely N-dealkylation sites (tertiary alicyclic amines) is 2. The van der Waals surface area contributed by atoms with E-state index in [2.05, 4.69) is 10.2 Å². The third-order valence-electron chi connectivity index (χ3n) is 4.64. The van der Waals surface area contributed by atoms with Crippen LogP contribution in [0.15, 0.2) is 0 Å². The molecule has 3 aliphatic heterocycles. The van der Waals surface area contributed by atoms with Gasteiger partial charge < -0.3 is 15.0 Å². The molecule has 0 aromatic carbocycles. The lowest BCUT2D eigenvalue weighted by Gasteiger charge is -2.36. The second-order valence-corrected chi connectivity index (χ2v) is 7.49. The standard InChI is InChI=1S/C15H27N3O2/c1-15(2,3)20-14(19)18-10-12-6-13(18)9-17(12)8-11-4-5-16-7-11/h11-13,16H,4-10H2,1-3H3. The first-order chi connectivity index (χ1) is 9.42. The van der Waals surface area contributed by atoms with Crippen LogP contribution in [0.4, 0.5) is 4.79 Å². The molecule has 0 spiro atoms. The molecule has 3 fully saturated rings. The molecule has 5 heteroatoms. The summed E-state index contributed by atoms with van der Waals surface area (Å²) in [4.78, 5) is 16.7. The molecule has 1 N–H and O–H groups in total. The smallest absolute Gasteiger partial charge is 0.410 e. The highest BCUT2D eigenvalue weighted by Crippen LogP contribution is 2.32. The van der Waals surface area contributed by atoms with E-state index in [4.69, 9.17) is 4.74 Å². The highest BCUT2D eigenvalue weighted by Gasteiger charge is 2.46. The SMILES string of the molecule is CC(C)(C)OC(=O)N1CC2CC1CN2CC1CCNC1. The van der Waals surface area contributed by atoms with E-state index in [1.165, 1.54) is 13.0 Å². The third-order valence-corrected chi connectivity index (χ3v) is 4.64. The van der Waals surface area contributed by atoms with Crippen molar-refractivity contribution in [3.05, 3.63) is 0 Å². The topological polar surface area (TPSA) is 44.8 Å². The normalized spacial score (nSPS) is 34.0. The Kier molecular flexibility index (Phi) is 3.67.